The summed E-state index contributed by atoms with van der Waals surface area (Å²) in [6.45, 7) is 3.83. The van der Waals surface area contributed by atoms with Crippen LogP contribution in [0.25, 0.3) is 0 Å². The van der Waals surface area contributed by atoms with E-state index in [-0.39, 0.29) is 5.91 Å². The molecule has 1 aliphatic carbocycles. The summed E-state index contributed by atoms with van der Waals surface area (Å²) >= 11 is 0. The average molecular weight is 247 g/mol. The molecule has 1 aliphatic rings. The van der Waals surface area contributed by atoms with Gasteiger partial charge in [0, 0.05) is 13.1 Å². The lowest BCUT2D eigenvalue weighted by molar-refractivity contribution is 0.0744. The standard InChI is InChI=1S/C15H21NO2/c1-3-10-16(11-12-8-9-12)15(17)13-6-4-5-7-14(13)18-2/h4-7,12H,3,8-11H2,1-2H3. The highest BCUT2D eigenvalue weighted by atomic mass is 16.5. The van der Waals surface area contributed by atoms with E-state index in [0.29, 0.717) is 11.3 Å². The third kappa shape index (κ3) is 3.03. The Bertz CT molecular complexity index is 413. The van der Waals surface area contributed by atoms with Gasteiger partial charge in [-0.3, -0.25) is 4.79 Å². The first-order chi connectivity index (χ1) is 8.76. The van der Waals surface area contributed by atoms with Crippen LogP contribution in [-0.4, -0.2) is 31.0 Å². The van der Waals surface area contributed by atoms with Crippen molar-refractivity contribution < 1.29 is 9.53 Å². The summed E-state index contributed by atoms with van der Waals surface area (Å²) in [6.07, 6.45) is 3.52. The summed E-state index contributed by atoms with van der Waals surface area (Å²) < 4.78 is 5.27. The second-order valence-corrected chi connectivity index (χ2v) is 4.89. The quantitative estimate of drug-likeness (QED) is 0.773. The molecule has 3 nitrogen and oxygen atoms in total. The first kappa shape index (κ1) is 12.9. The average Bonchev–Trinajstić information content (AvgIpc) is 3.21. The van der Waals surface area contributed by atoms with Gasteiger partial charge in [0.1, 0.15) is 5.75 Å². The van der Waals surface area contributed by atoms with Crippen LogP contribution in [0.3, 0.4) is 0 Å². The minimum Gasteiger partial charge on any atom is -0.496 e. The normalized spacial score (nSPS) is 14.3. The van der Waals surface area contributed by atoms with E-state index in [1.54, 1.807) is 7.11 Å². The molecule has 0 radical (unpaired) electrons. The van der Waals surface area contributed by atoms with Crippen molar-refractivity contribution in [3.05, 3.63) is 29.8 Å². The number of methoxy groups -OCH3 is 1. The van der Waals surface area contributed by atoms with Crippen molar-refractivity contribution in [3.8, 4) is 5.75 Å². The zero-order chi connectivity index (χ0) is 13.0. The Morgan fingerprint density at radius 3 is 2.72 bits per heavy atom. The van der Waals surface area contributed by atoms with Crippen LogP contribution in [-0.2, 0) is 0 Å². The predicted molar refractivity (Wildman–Crippen MR) is 71.9 cm³/mol. The van der Waals surface area contributed by atoms with Gasteiger partial charge in [0.25, 0.3) is 5.91 Å². The minimum absolute atomic E-state index is 0.0983. The number of ether oxygens (including phenoxy) is 1. The maximum absolute atomic E-state index is 12.5. The number of rotatable bonds is 6. The topological polar surface area (TPSA) is 29.5 Å². The smallest absolute Gasteiger partial charge is 0.257 e. The van der Waals surface area contributed by atoms with E-state index >= 15 is 0 Å². The third-order valence-electron chi connectivity index (χ3n) is 3.29. The number of hydrogen-bond acceptors (Lipinski definition) is 2. The van der Waals surface area contributed by atoms with E-state index in [0.717, 1.165) is 25.4 Å². The van der Waals surface area contributed by atoms with Crippen LogP contribution in [0.15, 0.2) is 24.3 Å². The molecule has 98 valence electrons. The van der Waals surface area contributed by atoms with Crippen LogP contribution in [0.4, 0.5) is 0 Å². The lowest BCUT2D eigenvalue weighted by Crippen LogP contribution is -2.33. The van der Waals surface area contributed by atoms with Crippen LogP contribution in [0.2, 0.25) is 0 Å². The van der Waals surface area contributed by atoms with E-state index in [1.165, 1.54) is 12.8 Å². The molecule has 1 aromatic carbocycles. The molecule has 0 atom stereocenters. The fraction of sp³-hybridized carbons (Fsp3) is 0.533. The predicted octanol–water partition coefficient (Wildman–Crippen LogP) is 2.96. The van der Waals surface area contributed by atoms with Gasteiger partial charge < -0.3 is 9.64 Å². The van der Waals surface area contributed by atoms with Gasteiger partial charge >= 0.3 is 0 Å². The fourth-order valence-electron chi connectivity index (χ4n) is 2.15. The van der Waals surface area contributed by atoms with Crippen LogP contribution in [0.5, 0.6) is 5.75 Å². The number of hydrogen-bond donors (Lipinski definition) is 0. The van der Waals surface area contributed by atoms with Gasteiger partial charge in [-0.25, -0.2) is 0 Å². The monoisotopic (exact) mass is 247 g/mol. The Labute approximate surface area is 109 Å². The van der Waals surface area contributed by atoms with Gasteiger partial charge in [-0.1, -0.05) is 19.1 Å². The van der Waals surface area contributed by atoms with Crippen LogP contribution in [0, 0.1) is 5.92 Å². The number of para-hydroxylation sites is 1. The molecular weight excluding hydrogens is 226 g/mol. The largest absolute Gasteiger partial charge is 0.496 e. The number of nitrogens with zero attached hydrogens (tertiary/aromatic N) is 1. The summed E-state index contributed by atoms with van der Waals surface area (Å²) in [7, 11) is 1.61. The third-order valence-corrected chi connectivity index (χ3v) is 3.29. The molecule has 0 bridgehead atoms. The van der Waals surface area contributed by atoms with Gasteiger partial charge in [0.2, 0.25) is 0 Å². The molecule has 0 heterocycles. The summed E-state index contributed by atoms with van der Waals surface area (Å²) in [5, 5.41) is 0. The molecule has 1 aromatic rings. The molecule has 18 heavy (non-hydrogen) atoms. The molecule has 1 fully saturated rings. The molecule has 3 heteroatoms. The van der Waals surface area contributed by atoms with E-state index in [1.807, 2.05) is 29.2 Å². The molecule has 2 rings (SSSR count). The van der Waals surface area contributed by atoms with Crippen molar-refractivity contribution in [1.29, 1.82) is 0 Å². The number of amides is 1. The Hall–Kier alpha value is -1.51. The highest BCUT2D eigenvalue weighted by Gasteiger charge is 2.27. The molecule has 0 unspecified atom stereocenters. The summed E-state index contributed by atoms with van der Waals surface area (Å²) in [5.74, 6) is 1.48. The van der Waals surface area contributed by atoms with E-state index in [4.69, 9.17) is 4.74 Å². The lowest BCUT2D eigenvalue weighted by atomic mass is 10.1. The molecule has 0 aromatic heterocycles. The second kappa shape index (κ2) is 5.89. The van der Waals surface area contributed by atoms with E-state index < -0.39 is 0 Å². The molecule has 0 saturated heterocycles. The van der Waals surface area contributed by atoms with Crippen molar-refractivity contribution in [2.24, 2.45) is 5.92 Å². The number of benzene rings is 1. The lowest BCUT2D eigenvalue weighted by Gasteiger charge is -2.23. The zero-order valence-electron chi connectivity index (χ0n) is 11.2. The Morgan fingerprint density at radius 1 is 1.39 bits per heavy atom. The number of carbonyl (C=O) groups is 1. The summed E-state index contributed by atoms with van der Waals surface area (Å²) in [4.78, 5) is 14.5. The molecule has 0 N–H and O–H groups in total. The SMILES string of the molecule is CCCN(CC1CC1)C(=O)c1ccccc1OC. The van der Waals surface area contributed by atoms with Gasteiger partial charge in [-0.05, 0) is 37.3 Å². The van der Waals surface area contributed by atoms with Crippen LogP contribution >= 0.6 is 0 Å². The molecular formula is C15H21NO2. The van der Waals surface area contributed by atoms with Gasteiger partial charge in [0.05, 0.1) is 12.7 Å². The first-order valence-electron chi connectivity index (χ1n) is 6.68. The molecule has 0 aliphatic heterocycles. The van der Waals surface area contributed by atoms with E-state index in [2.05, 4.69) is 6.92 Å². The van der Waals surface area contributed by atoms with Gasteiger partial charge in [-0.15, -0.1) is 0 Å². The van der Waals surface area contributed by atoms with Gasteiger partial charge in [-0.2, -0.15) is 0 Å². The Kier molecular flexibility index (Phi) is 4.24. The van der Waals surface area contributed by atoms with Crippen molar-refractivity contribution in [2.75, 3.05) is 20.2 Å². The minimum atomic E-state index is 0.0983. The first-order valence-corrected chi connectivity index (χ1v) is 6.68. The van der Waals surface area contributed by atoms with Crippen LogP contribution < -0.4 is 4.74 Å². The zero-order valence-corrected chi connectivity index (χ0v) is 11.2. The van der Waals surface area contributed by atoms with Crippen molar-refractivity contribution >= 4 is 5.91 Å². The highest BCUT2D eigenvalue weighted by molar-refractivity contribution is 5.97. The summed E-state index contributed by atoms with van der Waals surface area (Å²) in [5.41, 5.74) is 0.675. The number of carbonyl (C=O) groups excluding carboxylic acids is 1. The molecule has 1 saturated carbocycles. The molecule has 0 spiro atoms. The highest BCUT2D eigenvalue weighted by Crippen LogP contribution is 2.30. The van der Waals surface area contributed by atoms with Crippen LogP contribution in [0.1, 0.15) is 36.5 Å². The maximum Gasteiger partial charge on any atom is 0.257 e. The van der Waals surface area contributed by atoms with E-state index in [9.17, 15) is 4.79 Å². The van der Waals surface area contributed by atoms with Crippen molar-refractivity contribution in [1.82, 2.24) is 4.90 Å². The van der Waals surface area contributed by atoms with Gasteiger partial charge in [0.15, 0.2) is 0 Å². The molecule has 1 amide bonds. The Balaban J connectivity index is 2.15. The fourth-order valence-corrected chi connectivity index (χ4v) is 2.15. The second-order valence-electron chi connectivity index (χ2n) is 4.89. The van der Waals surface area contributed by atoms with Crippen molar-refractivity contribution in [2.45, 2.75) is 26.2 Å². The Morgan fingerprint density at radius 2 is 2.11 bits per heavy atom. The summed E-state index contributed by atoms with van der Waals surface area (Å²) in [6, 6.07) is 7.46. The maximum atomic E-state index is 12.5. The van der Waals surface area contributed by atoms with Crippen molar-refractivity contribution in [3.63, 3.8) is 0 Å².